The van der Waals surface area contributed by atoms with E-state index in [9.17, 15) is 14.9 Å². The van der Waals surface area contributed by atoms with E-state index >= 15 is 0 Å². The molecule has 0 saturated carbocycles. The number of methoxy groups -OCH3 is 1. The molecule has 1 N–H and O–H groups in total. The Kier molecular flexibility index (Phi) is 4.62. The third-order valence-electron chi connectivity index (χ3n) is 2.45. The molecule has 0 aliphatic carbocycles. The van der Waals surface area contributed by atoms with Crippen molar-refractivity contribution in [3.8, 4) is 5.75 Å². The van der Waals surface area contributed by atoms with Gasteiger partial charge in [0.05, 0.1) is 12.0 Å². The molecule has 0 radical (unpaired) electrons. The van der Waals surface area contributed by atoms with E-state index in [-0.39, 0.29) is 10.1 Å². The average Bonchev–Trinajstić information content (AvgIpc) is 2.94. The number of amides is 1. The average molecular weight is 305 g/mol. The number of rotatable bonds is 5. The maximum atomic E-state index is 11.7. The molecule has 2 rings (SSSR count). The number of nitro groups is 1. The summed E-state index contributed by atoms with van der Waals surface area (Å²) in [6, 6.07) is 7.16. The molecule has 1 aromatic carbocycles. The van der Waals surface area contributed by atoms with Gasteiger partial charge in [-0.1, -0.05) is 12.1 Å². The van der Waals surface area contributed by atoms with Crippen molar-refractivity contribution in [1.82, 2.24) is 4.98 Å². The zero-order chi connectivity index (χ0) is 15.2. The van der Waals surface area contributed by atoms with E-state index in [1.807, 2.05) is 0 Å². The molecule has 0 fully saturated rings. The van der Waals surface area contributed by atoms with E-state index in [0.717, 1.165) is 28.8 Å². The molecular weight excluding hydrogens is 294 g/mol. The van der Waals surface area contributed by atoms with Crippen LogP contribution in [0.15, 0.2) is 36.5 Å². The largest absolute Gasteiger partial charge is 0.497 e. The van der Waals surface area contributed by atoms with Gasteiger partial charge in [-0.25, -0.2) is 4.98 Å². The molecule has 1 heterocycles. The van der Waals surface area contributed by atoms with Gasteiger partial charge in [-0.3, -0.25) is 20.2 Å². The summed E-state index contributed by atoms with van der Waals surface area (Å²) in [6.45, 7) is 0. The van der Waals surface area contributed by atoms with Crippen LogP contribution in [0.1, 0.15) is 5.56 Å². The molecule has 0 spiro atoms. The lowest BCUT2D eigenvalue weighted by atomic mass is 10.2. The zero-order valence-corrected chi connectivity index (χ0v) is 11.8. The third kappa shape index (κ3) is 4.11. The highest BCUT2D eigenvalue weighted by Crippen LogP contribution is 2.24. The number of nitrogens with zero attached hydrogens (tertiary/aromatic N) is 2. The van der Waals surface area contributed by atoms with Crippen LogP contribution in [-0.4, -0.2) is 22.9 Å². The number of carbonyl (C=O) groups is 1. The fraction of sp³-hybridized carbons (Fsp3) is 0.0769. The van der Waals surface area contributed by atoms with Crippen molar-refractivity contribution in [2.24, 2.45) is 0 Å². The second-order valence-electron chi connectivity index (χ2n) is 3.86. The van der Waals surface area contributed by atoms with Gasteiger partial charge in [0.25, 0.3) is 0 Å². The Morgan fingerprint density at radius 1 is 1.43 bits per heavy atom. The summed E-state index contributed by atoms with van der Waals surface area (Å²) in [5, 5.41) is 13.0. The summed E-state index contributed by atoms with van der Waals surface area (Å²) in [5.41, 5.74) is 0.830. The van der Waals surface area contributed by atoms with Crippen LogP contribution in [0.2, 0.25) is 0 Å². The van der Waals surface area contributed by atoms with Gasteiger partial charge in [0.15, 0.2) is 5.13 Å². The van der Waals surface area contributed by atoms with Crippen LogP contribution in [0.4, 0.5) is 10.1 Å². The van der Waals surface area contributed by atoms with Gasteiger partial charge in [0, 0.05) is 6.08 Å². The molecule has 0 unspecified atom stereocenters. The normalized spacial score (nSPS) is 10.5. The van der Waals surface area contributed by atoms with Crippen LogP contribution in [0, 0.1) is 10.1 Å². The standard InChI is InChI=1S/C13H11N3O4S/c1-20-10-5-2-9(3-6-10)4-7-11(17)15-13-14-8-12(21-13)16(18)19/h2-8H,1H3,(H,14,15,17). The van der Waals surface area contributed by atoms with Crippen molar-refractivity contribution in [2.45, 2.75) is 0 Å². The van der Waals surface area contributed by atoms with Crippen molar-refractivity contribution < 1.29 is 14.5 Å². The number of hydrogen-bond donors (Lipinski definition) is 1. The minimum Gasteiger partial charge on any atom is -0.497 e. The van der Waals surface area contributed by atoms with Crippen molar-refractivity contribution in [2.75, 3.05) is 12.4 Å². The summed E-state index contributed by atoms with van der Waals surface area (Å²) in [4.78, 5) is 25.4. The number of hydrogen-bond acceptors (Lipinski definition) is 6. The highest BCUT2D eigenvalue weighted by Gasteiger charge is 2.12. The van der Waals surface area contributed by atoms with Crippen LogP contribution in [0.3, 0.4) is 0 Å². The van der Waals surface area contributed by atoms with Gasteiger partial charge in [-0.15, -0.1) is 0 Å². The van der Waals surface area contributed by atoms with Crippen LogP contribution < -0.4 is 10.1 Å². The molecule has 1 aromatic heterocycles. The molecule has 8 heteroatoms. The highest BCUT2D eigenvalue weighted by atomic mass is 32.1. The van der Waals surface area contributed by atoms with E-state index < -0.39 is 10.8 Å². The van der Waals surface area contributed by atoms with E-state index in [0.29, 0.717) is 0 Å². The van der Waals surface area contributed by atoms with E-state index in [1.54, 1.807) is 37.5 Å². The molecule has 2 aromatic rings. The van der Waals surface area contributed by atoms with Crippen molar-refractivity contribution >= 4 is 33.5 Å². The molecule has 7 nitrogen and oxygen atoms in total. The quantitative estimate of drug-likeness (QED) is 0.520. The number of carbonyl (C=O) groups excluding carboxylic acids is 1. The predicted octanol–water partition coefficient (Wildman–Crippen LogP) is 2.71. The first-order chi connectivity index (χ1) is 10.1. The lowest BCUT2D eigenvalue weighted by molar-refractivity contribution is -0.380. The van der Waals surface area contributed by atoms with E-state index in [2.05, 4.69) is 10.3 Å². The van der Waals surface area contributed by atoms with Crippen LogP contribution in [0.25, 0.3) is 6.08 Å². The minimum absolute atomic E-state index is 0.121. The fourth-order valence-corrected chi connectivity index (χ4v) is 2.08. The minimum atomic E-state index is -0.555. The van der Waals surface area contributed by atoms with E-state index in [1.165, 1.54) is 6.08 Å². The topological polar surface area (TPSA) is 94.4 Å². The van der Waals surface area contributed by atoms with Crippen LogP contribution in [-0.2, 0) is 4.79 Å². The van der Waals surface area contributed by atoms with Gasteiger partial charge >= 0.3 is 5.00 Å². The third-order valence-corrected chi connectivity index (χ3v) is 3.31. The van der Waals surface area contributed by atoms with Gasteiger partial charge in [-0.05, 0) is 35.1 Å². The summed E-state index contributed by atoms with van der Waals surface area (Å²) >= 11 is 0.803. The number of anilines is 1. The molecule has 108 valence electrons. The van der Waals surface area contributed by atoms with Crippen molar-refractivity contribution in [3.63, 3.8) is 0 Å². The first-order valence-corrected chi connectivity index (χ1v) is 6.63. The lowest BCUT2D eigenvalue weighted by Gasteiger charge is -1.99. The highest BCUT2D eigenvalue weighted by molar-refractivity contribution is 7.18. The number of thiazole rings is 1. The molecule has 1 amide bonds. The first-order valence-electron chi connectivity index (χ1n) is 5.82. The maximum Gasteiger partial charge on any atom is 0.345 e. The van der Waals surface area contributed by atoms with Gasteiger partial charge in [0.2, 0.25) is 5.91 Å². The Morgan fingerprint density at radius 2 is 2.14 bits per heavy atom. The van der Waals surface area contributed by atoms with Crippen molar-refractivity contribution in [3.05, 3.63) is 52.2 Å². The summed E-state index contributed by atoms with van der Waals surface area (Å²) in [5.74, 6) is 0.321. The summed E-state index contributed by atoms with van der Waals surface area (Å²) in [7, 11) is 1.57. The Morgan fingerprint density at radius 3 is 2.71 bits per heavy atom. The lowest BCUT2D eigenvalue weighted by Crippen LogP contribution is -2.07. The molecule has 0 saturated heterocycles. The Bertz CT molecular complexity index is 679. The summed E-state index contributed by atoms with van der Waals surface area (Å²) in [6.07, 6.45) is 4.05. The number of nitrogens with one attached hydrogen (secondary N) is 1. The summed E-state index contributed by atoms with van der Waals surface area (Å²) < 4.78 is 5.03. The van der Waals surface area contributed by atoms with Crippen LogP contribution in [0.5, 0.6) is 5.75 Å². The molecular formula is C13H11N3O4S. The maximum absolute atomic E-state index is 11.7. The SMILES string of the molecule is COc1ccc(C=CC(=O)Nc2ncc([N+](=O)[O-])s2)cc1. The Hall–Kier alpha value is -2.74. The molecule has 0 aliphatic rings. The Labute approximate surface area is 124 Å². The monoisotopic (exact) mass is 305 g/mol. The fourth-order valence-electron chi connectivity index (χ4n) is 1.44. The number of aromatic nitrogens is 1. The van der Waals surface area contributed by atoms with Gasteiger partial charge < -0.3 is 4.74 Å². The second-order valence-corrected chi connectivity index (χ2v) is 4.87. The molecule has 0 aliphatic heterocycles. The molecule has 21 heavy (non-hydrogen) atoms. The second kappa shape index (κ2) is 6.62. The van der Waals surface area contributed by atoms with E-state index in [4.69, 9.17) is 4.74 Å². The first kappa shape index (κ1) is 14.7. The number of ether oxygens (including phenoxy) is 1. The molecule has 0 bridgehead atoms. The van der Waals surface area contributed by atoms with Crippen molar-refractivity contribution in [1.29, 1.82) is 0 Å². The number of benzene rings is 1. The Balaban J connectivity index is 1.96. The van der Waals surface area contributed by atoms with Gasteiger partial charge in [-0.2, -0.15) is 0 Å². The van der Waals surface area contributed by atoms with Gasteiger partial charge in [0.1, 0.15) is 11.9 Å². The zero-order valence-electron chi connectivity index (χ0n) is 11.0. The predicted molar refractivity (Wildman–Crippen MR) is 79.4 cm³/mol. The smallest absolute Gasteiger partial charge is 0.345 e. The molecule has 0 atom stereocenters. The van der Waals surface area contributed by atoms with Crippen LogP contribution >= 0.6 is 11.3 Å².